The van der Waals surface area contributed by atoms with Crippen LogP contribution in [-0.4, -0.2) is 49.9 Å². The lowest BCUT2D eigenvalue weighted by atomic mass is 10.2. The zero-order chi connectivity index (χ0) is 20.8. The minimum absolute atomic E-state index is 0.0543. The number of thioether (sulfide) groups is 1. The lowest BCUT2D eigenvalue weighted by Gasteiger charge is -2.09. The van der Waals surface area contributed by atoms with E-state index in [-0.39, 0.29) is 11.6 Å². The van der Waals surface area contributed by atoms with Crippen molar-refractivity contribution in [3.8, 4) is 0 Å². The van der Waals surface area contributed by atoms with Gasteiger partial charge in [0.1, 0.15) is 5.82 Å². The van der Waals surface area contributed by atoms with Gasteiger partial charge in [-0.2, -0.15) is 5.10 Å². The topological polar surface area (TPSA) is 128 Å². The minimum Gasteiger partial charge on any atom is -0.369 e. The van der Waals surface area contributed by atoms with Gasteiger partial charge in [0.05, 0.1) is 23.1 Å². The highest BCUT2D eigenvalue weighted by atomic mass is 32.2. The first-order valence-corrected chi connectivity index (χ1v) is 10.3. The Morgan fingerprint density at radius 2 is 2.00 bits per heavy atom. The Kier molecular flexibility index (Phi) is 6.60. The Morgan fingerprint density at radius 1 is 1.24 bits per heavy atom. The first-order valence-electron chi connectivity index (χ1n) is 9.07. The molecule has 2 heterocycles. The second-order valence-corrected chi connectivity index (χ2v) is 6.92. The number of nitro groups is 1. The molecular weight excluding hydrogens is 394 g/mol. The molecule has 2 N–H and O–H groups in total. The van der Waals surface area contributed by atoms with Crippen molar-refractivity contribution in [1.29, 1.82) is 0 Å². The molecule has 0 aliphatic rings. The van der Waals surface area contributed by atoms with Gasteiger partial charge in [-0.15, -0.1) is 0 Å². The summed E-state index contributed by atoms with van der Waals surface area (Å²) in [7, 11) is 0. The fourth-order valence-corrected chi connectivity index (χ4v) is 3.04. The number of anilines is 1. The number of hydrogen-bond acceptors (Lipinski definition) is 8. The number of carbonyl (C=O) groups is 1. The number of fused-ring (bicyclic) bond motifs is 1. The quantitative estimate of drug-likeness (QED) is 0.236. The summed E-state index contributed by atoms with van der Waals surface area (Å²) in [5.74, 6) is 0.448. The smallest absolute Gasteiger partial charge is 0.269 e. The summed E-state index contributed by atoms with van der Waals surface area (Å²) < 4.78 is 1.73. The van der Waals surface area contributed by atoms with Gasteiger partial charge in [-0.25, -0.2) is 14.6 Å². The molecule has 0 bridgehead atoms. The van der Waals surface area contributed by atoms with Crippen molar-refractivity contribution in [2.75, 3.05) is 24.7 Å². The van der Waals surface area contributed by atoms with Crippen LogP contribution in [0.3, 0.4) is 0 Å². The van der Waals surface area contributed by atoms with Crippen LogP contribution < -0.4 is 10.6 Å². The number of aromatic nitrogens is 4. The molecule has 0 saturated carbocycles. The molecule has 11 heteroatoms. The molecule has 0 unspecified atom stereocenters. The van der Waals surface area contributed by atoms with Crippen molar-refractivity contribution in [1.82, 2.24) is 25.1 Å². The summed E-state index contributed by atoms with van der Waals surface area (Å²) in [6.45, 7) is 3.65. The van der Waals surface area contributed by atoms with Gasteiger partial charge in [0.2, 0.25) is 0 Å². The van der Waals surface area contributed by atoms with Gasteiger partial charge >= 0.3 is 0 Å². The third-order valence-electron chi connectivity index (χ3n) is 4.15. The van der Waals surface area contributed by atoms with Crippen LogP contribution in [0.15, 0.2) is 35.6 Å². The predicted molar refractivity (Wildman–Crippen MR) is 111 cm³/mol. The van der Waals surface area contributed by atoms with Gasteiger partial charge in [-0.05, 0) is 24.8 Å². The van der Waals surface area contributed by atoms with E-state index in [0.717, 1.165) is 24.2 Å². The van der Waals surface area contributed by atoms with Gasteiger partial charge < -0.3 is 10.6 Å². The molecule has 3 rings (SSSR count). The second kappa shape index (κ2) is 9.32. The van der Waals surface area contributed by atoms with Crippen LogP contribution in [0.1, 0.15) is 23.7 Å². The molecule has 0 aliphatic carbocycles. The van der Waals surface area contributed by atoms with E-state index in [1.807, 2.05) is 6.26 Å². The summed E-state index contributed by atoms with van der Waals surface area (Å²) in [5.41, 5.74) is 1.01. The Labute approximate surface area is 171 Å². The second-order valence-electron chi connectivity index (χ2n) is 6.15. The standard InChI is InChI=1S/C18H21N7O3S/c1-3-8-19-15-14-11-21-24(16(14)23-18(22-15)29-2)10-9-20-17(26)12-4-6-13(7-5-12)25(27)28/h4-7,11H,3,8-10H2,1-2H3,(H,20,26)(H,19,22,23). The van der Waals surface area contributed by atoms with Crippen molar-refractivity contribution in [3.05, 3.63) is 46.1 Å². The highest BCUT2D eigenvalue weighted by Crippen LogP contribution is 2.23. The summed E-state index contributed by atoms with van der Waals surface area (Å²) in [4.78, 5) is 31.5. The lowest BCUT2D eigenvalue weighted by Crippen LogP contribution is -2.27. The van der Waals surface area contributed by atoms with Crippen LogP contribution in [-0.2, 0) is 6.54 Å². The van der Waals surface area contributed by atoms with Gasteiger partial charge in [0.15, 0.2) is 10.8 Å². The molecule has 0 fully saturated rings. The first-order chi connectivity index (χ1) is 14.0. The highest BCUT2D eigenvalue weighted by molar-refractivity contribution is 7.98. The average Bonchev–Trinajstić information content (AvgIpc) is 3.14. The van der Waals surface area contributed by atoms with Gasteiger partial charge in [-0.1, -0.05) is 18.7 Å². The number of benzene rings is 1. The lowest BCUT2D eigenvalue weighted by molar-refractivity contribution is -0.384. The molecule has 3 aromatic rings. The molecule has 0 saturated heterocycles. The first kappa shape index (κ1) is 20.5. The maximum atomic E-state index is 12.2. The molecular formula is C18H21N7O3S. The Morgan fingerprint density at radius 3 is 2.66 bits per heavy atom. The molecule has 1 aromatic carbocycles. The van der Waals surface area contributed by atoms with Crippen molar-refractivity contribution in [3.63, 3.8) is 0 Å². The molecule has 0 radical (unpaired) electrons. The van der Waals surface area contributed by atoms with Crippen molar-refractivity contribution in [2.45, 2.75) is 25.0 Å². The number of hydrogen-bond donors (Lipinski definition) is 2. The van der Waals surface area contributed by atoms with Crippen LogP contribution in [0.2, 0.25) is 0 Å². The molecule has 152 valence electrons. The zero-order valence-corrected chi connectivity index (χ0v) is 16.9. The number of rotatable bonds is 9. The van der Waals surface area contributed by atoms with E-state index in [1.54, 1.807) is 10.9 Å². The maximum absolute atomic E-state index is 12.2. The van der Waals surface area contributed by atoms with Crippen LogP contribution in [0, 0.1) is 10.1 Å². The fourth-order valence-electron chi connectivity index (χ4n) is 2.68. The molecule has 2 aromatic heterocycles. The Balaban J connectivity index is 1.68. The SMILES string of the molecule is CCCNc1nc(SC)nc2c1cnn2CCNC(=O)c1ccc([N+](=O)[O-])cc1. The van der Waals surface area contributed by atoms with E-state index in [0.29, 0.717) is 29.5 Å². The summed E-state index contributed by atoms with van der Waals surface area (Å²) in [6, 6.07) is 5.48. The molecule has 10 nitrogen and oxygen atoms in total. The minimum atomic E-state index is -0.501. The summed E-state index contributed by atoms with van der Waals surface area (Å²) in [6.07, 6.45) is 4.61. The van der Waals surface area contributed by atoms with E-state index in [4.69, 9.17) is 0 Å². The van der Waals surface area contributed by atoms with Gasteiger partial charge in [-0.3, -0.25) is 14.9 Å². The monoisotopic (exact) mass is 415 g/mol. The van der Waals surface area contributed by atoms with Crippen molar-refractivity contribution >= 4 is 40.2 Å². The van der Waals surface area contributed by atoms with Crippen LogP contribution in [0.5, 0.6) is 0 Å². The van der Waals surface area contributed by atoms with E-state index in [2.05, 4.69) is 32.6 Å². The number of carbonyl (C=O) groups excluding carboxylic acids is 1. The predicted octanol–water partition coefficient (Wildman–Crippen LogP) is 2.71. The fraction of sp³-hybridized carbons (Fsp3) is 0.333. The molecule has 1 amide bonds. The Hall–Kier alpha value is -3.21. The Bertz CT molecular complexity index is 1020. The molecule has 0 aliphatic heterocycles. The molecule has 0 atom stereocenters. The summed E-state index contributed by atoms with van der Waals surface area (Å²) in [5, 5.41) is 22.6. The largest absolute Gasteiger partial charge is 0.369 e. The molecule has 0 spiro atoms. The third-order valence-corrected chi connectivity index (χ3v) is 4.70. The van der Waals surface area contributed by atoms with E-state index in [1.165, 1.54) is 36.0 Å². The van der Waals surface area contributed by atoms with Crippen molar-refractivity contribution in [2.24, 2.45) is 0 Å². The van der Waals surface area contributed by atoms with Gasteiger partial charge in [0.25, 0.3) is 11.6 Å². The van der Waals surface area contributed by atoms with Crippen LogP contribution >= 0.6 is 11.8 Å². The average molecular weight is 415 g/mol. The van der Waals surface area contributed by atoms with E-state index < -0.39 is 4.92 Å². The zero-order valence-electron chi connectivity index (χ0n) is 16.1. The van der Waals surface area contributed by atoms with Crippen LogP contribution in [0.4, 0.5) is 11.5 Å². The number of nitro benzene ring substituents is 1. The highest BCUT2D eigenvalue weighted by Gasteiger charge is 2.13. The van der Waals surface area contributed by atoms with Crippen molar-refractivity contribution < 1.29 is 9.72 Å². The number of nitrogens with zero attached hydrogens (tertiary/aromatic N) is 5. The maximum Gasteiger partial charge on any atom is 0.269 e. The molecule has 29 heavy (non-hydrogen) atoms. The van der Waals surface area contributed by atoms with E-state index >= 15 is 0 Å². The summed E-state index contributed by atoms with van der Waals surface area (Å²) >= 11 is 1.45. The van der Waals surface area contributed by atoms with Crippen LogP contribution in [0.25, 0.3) is 11.0 Å². The number of non-ortho nitro benzene ring substituents is 1. The number of nitrogens with one attached hydrogen (secondary N) is 2. The van der Waals surface area contributed by atoms with Gasteiger partial charge in [0, 0.05) is 30.8 Å². The number of amides is 1. The third kappa shape index (κ3) is 4.80. The van der Waals surface area contributed by atoms with E-state index in [9.17, 15) is 14.9 Å². The normalized spacial score (nSPS) is 10.8.